The van der Waals surface area contributed by atoms with Gasteiger partial charge < -0.3 is 28.5 Å². The van der Waals surface area contributed by atoms with Gasteiger partial charge in [-0.2, -0.15) is 0 Å². The van der Waals surface area contributed by atoms with Crippen LogP contribution in [0.1, 0.15) is 71.9 Å². The summed E-state index contributed by atoms with van der Waals surface area (Å²) < 4.78 is 28.7. The second-order valence-electron chi connectivity index (χ2n) is 12.6. The number of cyclic esters (lactones) is 1. The summed E-state index contributed by atoms with van der Waals surface area (Å²) in [5.41, 5.74) is 1.88. The number of aryl methyl sites for hydroxylation is 1. The number of hydrogen-bond donors (Lipinski definition) is 1. The number of ether oxygens (including phenoxy) is 4. The third kappa shape index (κ3) is 8.67. The van der Waals surface area contributed by atoms with Crippen molar-refractivity contribution in [3.8, 4) is 0 Å². The number of aromatic nitrogens is 1. The van der Waals surface area contributed by atoms with Gasteiger partial charge in [-0.15, -0.1) is 0 Å². The molecule has 1 aromatic heterocycles. The normalized spacial score (nSPS) is 34.9. The first-order chi connectivity index (χ1) is 20.9. The van der Waals surface area contributed by atoms with E-state index in [1.807, 2.05) is 71.1 Å². The lowest BCUT2D eigenvalue weighted by Crippen LogP contribution is -2.41. The Morgan fingerprint density at radius 2 is 1.98 bits per heavy atom. The lowest BCUT2D eigenvalue weighted by molar-refractivity contribution is -0.158. The van der Waals surface area contributed by atoms with Gasteiger partial charge >= 0.3 is 11.9 Å². The summed E-state index contributed by atoms with van der Waals surface area (Å²) in [5.74, 6) is -0.299. The van der Waals surface area contributed by atoms with E-state index in [1.165, 1.54) is 6.08 Å². The second kappa shape index (κ2) is 14.7. The fraction of sp³-hybridized carbons (Fsp3) is 0.571. The van der Waals surface area contributed by atoms with Gasteiger partial charge in [0, 0.05) is 44.8 Å². The third-order valence-corrected chi connectivity index (χ3v) is 8.97. The van der Waals surface area contributed by atoms with Crippen molar-refractivity contribution in [2.45, 2.75) is 103 Å². The summed E-state index contributed by atoms with van der Waals surface area (Å²) in [7, 11) is 1.63. The molecule has 9 heteroatoms. The lowest BCUT2D eigenvalue weighted by atomic mass is 9.85. The second-order valence-corrected chi connectivity index (χ2v) is 12.6. The molecule has 3 aliphatic rings. The Bertz CT molecular complexity index is 1320. The smallest absolute Gasteiger partial charge is 0.330 e. The number of epoxide rings is 1. The van der Waals surface area contributed by atoms with Gasteiger partial charge in [-0.3, -0.25) is 4.79 Å². The minimum absolute atomic E-state index is 0.000898. The quantitative estimate of drug-likeness (QED) is 0.176. The molecule has 2 saturated heterocycles. The molecule has 0 amide bonds. The molecule has 9 nitrogen and oxygen atoms in total. The van der Waals surface area contributed by atoms with Gasteiger partial charge in [0.15, 0.2) is 5.89 Å². The predicted molar refractivity (Wildman–Crippen MR) is 166 cm³/mol. The monoisotopic (exact) mass is 609 g/mol. The van der Waals surface area contributed by atoms with E-state index in [1.54, 1.807) is 26.4 Å². The molecule has 44 heavy (non-hydrogen) atoms. The Kier molecular flexibility index (Phi) is 11.2. The van der Waals surface area contributed by atoms with Crippen LogP contribution < -0.4 is 0 Å². The third-order valence-electron chi connectivity index (χ3n) is 8.97. The number of carbonyl (C=O) groups is 2. The number of nitrogens with zero attached hydrogens (tertiary/aromatic N) is 1. The van der Waals surface area contributed by atoms with Crippen molar-refractivity contribution in [3.63, 3.8) is 0 Å². The standard InChI is InChI=1S/C35H47NO8/c1-21(16-27-20-41-25(5)36-27)10-8-11-23(3)34(40-7)24(4)29-19-30(37)35(6)31(44-35)15-14-22(2)28-17-26(18-33(39)42-28)12-9-13-32(38)43-29/h8-11,13-16,20,22,24,26,28-31,34,37H,12,17-19H2,1-7H3/b10-8+,13-9-,15-14+,21-16+,23-11-. The first-order valence-electron chi connectivity index (χ1n) is 15.5. The van der Waals surface area contributed by atoms with Gasteiger partial charge in [0.2, 0.25) is 0 Å². The van der Waals surface area contributed by atoms with E-state index in [4.69, 9.17) is 23.4 Å². The number of rotatable bonds is 7. The fourth-order valence-electron chi connectivity index (χ4n) is 6.11. The van der Waals surface area contributed by atoms with Crippen LogP contribution in [0.5, 0.6) is 0 Å². The number of oxazole rings is 1. The van der Waals surface area contributed by atoms with Crippen LogP contribution in [0.3, 0.4) is 0 Å². The first-order valence-corrected chi connectivity index (χ1v) is 15.5. The fourth-order valence-corrected chi connectivity index (χ4v) is 6.11. The molecule has 0 spiro atoms. The highest BCUT2D eigenvalue weighted by atomic mass is 16.6. The number of esters is 2. The molecule has 240 valence electrons. The van der Waals surface area contributed by atoms with Gasteiger partial charge in [-0.1, -0.05) is 50.3 Å². The van der Waals surface area contributed by atoms with Crippen molar-refractivity contribution in [1.29, 1.82) is 0 Å². The number of fused-ring (bicyclic) bond motifs is 3. The Morgan fingerprint density at radius 1 is 1.20 bits per heavy atom. The molecular formula is C35H47NO8. The van der Waals surface area contributed by atoms with Gasteiger partial charge in [0.25, 0.3) is 0 Å². The van der Waals surface area contributed by atoms with E-state index >= 15 is 0 Å². The van der Waals surface area contributed by atoms with Gasteiger partial charge in [0.05, 0.1) is 12.2 Å². The van der Waals surface area contributed by atoms with Crippen LogP contribution in [-0.4, -0.2) is 65.3 Å². The topological polar surface area (TPSA) is 121 Å². The van der Waals surface area contributed by atoms with Crippen molar-refractivity contribution in [1.82, 2.24) is 4.98 Å². The summed E-state index contributed by atoms with van der Waals surface area (Å²) >= 11 is 0. The van der Waals surface area contributed by atoms with Gasteiger partial charge in [-0.25, -0.2) is 9.78 Å². The molecule has 9 unspecified atom stereocenters. The number of aliphatic hydroxyl groups excluding tert-OH is 1. The molecule has 0 aromatic carbocycles. The Labute approximate surface area is 260 Å². The molecule has 3 aliphatic heterocycles. The van der Waals surface area contributed by atoms with E-state index < -0.39 is 23.8 Å². The summed E-state index contributed by atoms with van der Waals surface area (Å²) in [6, 6.07) is 0. The molecule has 1 N–H and O–H groups in total. The van der Waals surface area contributed by atoms with Crippen LogP contribution in [0, 0.1) is 24.7 Å². The molecule has 1 aromatic rings. The average molecular weight is 610 g/mol. The van der Waals surface area contributed by atoms with Crippen molar-refractivity contribution in [2.75, 3.05) is 7.11 Å². The zero-order valence-electron chi connectivity index (χ0n) is 26.9. The molecule has 0 radical (unpaired) electrons. The van der Waals surface area contributed by atoms with Crippen molar-refractivity contribution >= 4 is 18.0 Å². The van der Waals surface area contributed by atoms with Crippen LogP contribution >= 0.6 is 0 Å². The SMILES string of the molecule is COC(\C(C)=C/C=C/C(C)=C/c1coc(C)n1)C(C)C1CC(O)C2(C)OC2/C=C/C(C)C2CC(C/C=C\C(=O)O1)CC(=O)O2. The number of hydrogen-bond acceptors (Lipinski definition) is 9. The molecule has 2 bridgehead atoms. The van der Waals surface area contributed by atoms with Crippen LogP contribution in [0.25, 0.3) is 6.08 Å². The Balaban J connectivity index is 1.51. The van der Waals surface area contributed by atoms with Crippen LogP contribution in [-0.2, 0) is 28.5 Å². The predicted octanol–water partition coefficient (Wildman–Crippen LogP) is 5.83. The van der Waals surface area contributed by atoms with Crippen LogP contribution in [0.4, 0.5) is 0 Å². The highest BCUT2D eigenvalue weighted by Crippen LogP contribution is 2.43. The lowest BCUT2D eigenvalue weighted by Gasteiger charge is -2.32. The van der Waals surface area contributed by atoms with E-state index in [0.29, 0.717) is 25.2 Å². The Hall–Kier alpha value is -3.27. The van der Waals surface area contributed by atoms with E-state index in [9.17, 15) is 14.7 Å². The van der Waals surface area contributed by atoms with Crippen molar-refractivity contribution in [2.24, 2.45) is 17.8 Å². The molecule has 2 fully saturated rings. The Morgan fingerprint density at radius 3 is 2.68 bits per heavy atom. The molecule has 0 saturated carbocycles. The highest BCUT2D eigenvalue weighted by molar-refractivity contribution is 5.82. The molecule has 0 aliphatic carbocycles. The first kappa shape index (κ1) is 33.6. The molecular weight excluding hydrogens is 562 g/mol. The highest BCUT2D eigenvalue weighted by Gasteiger charge is 2.57. The van der Waals surface area contributed by atoms with Gasteiger partial charge in [0.1, 0.15) is 35.9 Å². The zero-order chi connectivity index (χ0) is 32.0. The largest absolute Gasteiger partial charge is 0.462 e. The van der Waals surface area contributed by atoms with Crippen LogP contribution in [0.2, 0.25) is 0 Å². The minimum Gasteiger partial charge on any atom is -0.462 e. The molecule has 9 atom stereocenters. The summed E-state index contributed by atoms with van der Waals surface area (Å²) in [5, 5.41) is 11.3. The number of allylic oxidation sites excluding steroid dienone is 5. The summed E-state index contributed by atoms with van der Waals surface area (Å²) in [4.78, 5) is 29.6. The van der Waals surface area contributed by atoms with E-state index in [-0.39, 0.29) is 48.5 Å². The molecule has 4 heterocycles. The maximum atomic E-state index is 13.0. The van der Waals surface area contributed by atoms with Crippen molar-refractivity contribution < 1.29 is 38.1 Å². The van der Waals surface area contributed by atoms with E-state index in [2.05, 4.69) is 4.98 Å². The molecule has 4 rings (SSSR count). The summed E-state index contributed by atoms with van der Waals surface area (Å²) in [6.45, 7) is 11.6. The maximum Gasteiger partial charge on any atom is 0.330 e. The number of methoxy groups -OCH3 is 1. The maximum absolute atomic E-state index is 13.0. The van der Waals surface area contributed by atoms with E-state index in [0.717, 1.165) is 16.8 Å². The van der Waals surface area contributed by atoms with Crippen molar-refractivity contribution in [3.05, 3.63) is 71.5 Å². The number of aliphatic hydroxyl groups is 1. The zero-order valence-corrected chi connectivity index (χ0v) is 26.9. The summed E-state index contributed by atoms with van der Waals surface area (Å²) in [6.07, 6.45) is 15.9. The minimum atomic E-state index is -0.892. The van der Waals surface area contributed by atoms with Crippen LogP contribution in [0.15, 0.2) is 64.4 Å². The van der Waals surface area contributed by atoms with Gasteiger partial charge in [-0.05, 0) is 56.8 Å². The number of carbonyl (C=O) groups excluding carboxylic acids is 2. The average Bonchev–Trinajstić information content (AvgIpc) is 3.47.